The summed E-state index contributed by atoms with van der Waals surface area (Å²) in [7, 11) is 0. The highest BCUT2D eigenvalue weighted by Crippen LogP contribution is 2.27. The second-order valence-corrected chi connectivity index (χ2v) is 6.56. The molecule has 0 aliphatic heterocycles. The van der Waals surface area contributed by atoms with Crippen LogP contribution in [0.15, 0.2) is 88.1 Å². The maximum Gasteiger partial charge on any atom is 0.346 e. The van der Waals surface area contributed by atoms with E-state index in [0.717, 1.165) is 11.1 Å². The minimum absolute atomic E-state index is 0.0826. The van der Waals surface area contributed by atoms with Crippen LogP contribution >= 0.6 is 0 Å². The van der Waals surface area contributed by atoms with Gasteiger partial charge in [0.2, 0.25) is 5.43 Å². The van der Waals surface area contributed by atoms with Gasteiger partial charge in [0.05, 0.1) is 5.39 Å². The molecule has 4 nitrogen and oxygen atoms in total. The number of hydrogen-bond donors (Lipinski definition) is 0. The van der Waals surface area contributed by atoms with Gasteiger partial charge in [0.1, 0.15) is 12.2 Å². The van der Waals surface area contributed by atoms with Gasteiger partial charge in [0.15, 0.2) is 11.3 Å². The summed E-state index contributed by atoms with van der Waals surface area (Å²) in [6.45, 7) is 2.05. The van der Waals surface area contributed by atoms with Gasteiger partial charge in [-0.25, -0.2) is 4.79 Å². The number of aryl methyl sites for hydroxylation is 1. The van der Waals surface area contributed by atoms with Crippen LogP contribution in [0, 0.1) is 6.92 Å². The fourth-order valence-corrected chi connectivity index (χ4v) is 3.03. The fourth-order valence-electron chi connectivity index (χ4n) is 3.03. The Kier molecular flexibility index (Phi) is 4.77. The summed E-state index contributed by atoms with van der Waals surface area (Å²) < 4.78 is 11.4. The van der Waals surface area contributed by atoms with E-state index in [-0.39, 0.29) is 17.9 Å². The van der Waals surface area contributed by atoms with Gasteiger partial charge < -0.3 is 9.15 Å². The average molecular weight is 370 g/mol. The Hall–Kier alpha value is -3.66. The van der Waals surface area contributed by atoms with Gasteiger partial charge in [0.25, 0.3) is 0 Å². The molecule has 1 aromatic heterocycles. The van der Waals surface area contributed by atoms with E-state index >= 15 is 0 Å². The molecule has 4 heteroatoms. The summed E-state index contributed by atoms with van der Waals surface area (Å²) in [6, 6.07) is 23.7. The molecular weight excluding hydrogens is 352 g/mol. The fraction of sp³-hybridized carbons (Fsp3) is 0.0833. The van der Waals surface area contributed by atoms with E-state index in [1.807, 2.05) is 61.5 Å². The van der Waals surface area contributed by atoms with Crippen molar-refractivity contribution in [1.82, 2.24) is 0 Å². The van der Waals surface area contributed by atoms with Crippen molar-refractivity contribution < 1.29 is 13.9 Å². The summed E-state index contributed by atoms with van der Waals surface area (Å²) >= 11 is 0. The summed E-state index contributed by atoms with van der Waals surface area (Å²) in [5, 5.41) is 0.352. The molecule has 3 aromatic carbocycles. The van der Waals surface area contributed by atoms with Crippen LogP contribution in [0.3, 0.4) is 0 Å². The second-order valence-electron chi connectivity index (χ2n) is 6.56. The van der Waals surface area contributed by atoms with E-state index in [4.69, 9.17) is 9.15 Å². The van der Waals surface area contributed by atoms with Gasteiger partial charge in [-0.3, -0.25) is 4.79 Å². The molecule has 0 saturated heterocycles. The third-order valence-electron chi connectivity index (χ3n) is 4.53. The van der Waals surface area contributed by atoms with Crippen LogP contribution in [0.2, 0.25) is 0 Å². The summed E-state index contributed by atoms with van der Waals surface area (Å²) in [6.07, 6.45) is 0. The van der Waals surface area contributed by atoms with E-state index < -0.39 is 11.4 Å². The molecule has 0 aliphatic carbocycles. The molecule has 0 N–H and O–H groups in total. The third-order valence-corrected chi connectivity index (χ3v) is 4.53. The van der Waals surface area contributed by atoms with Crippen LogP contribution in [0.1, 0.15) is 21.5 Å². The summed E-state index contributed by atoms with van der Waals surface area (Å²) in [5.74, 6) is -0.472. The SMILES string of the molecule is Cc1ccc(-c2oc3ccccc3c(=O)c2C(=O)OCc2ccccc2)cc1. The maximum absolute atomic E-state index is 13.1. The smallest absolute Gasteiger partial charge is 0.346 e. The summed E-state index contributed by atoms with van der Waals surface area (Å²) in [4.78, 5) is 25.9. The quantitative estimate of drug-likeness (QED) is 0.468. The minimum atomic E-state index is -0.695. The number of benzene rings is 3. The van der Waals surface area contributed by atoms with Crippen LogP contribution in [0.5, 0.6) is 0 Å². The third kappa shape index (κ3) is 3.45. The van der Waals surface area contributed by atoms with E-state index in [0.29, 0.717) is 16.5 Å². The standard InChI is InChI=1S/C24H18O4/c1-16-11-13-18(14-12-16)23-21(22(25)19-9-5-6-10-20(19)28-23)24(26)27-15-17-7-3-2-4-8-17/h2-14H,15H2,1H3. The van der Waals surface area contributed by atoms with Crippen molar-refractivity contribution in [3.8, 4) is 11.3 Å². The molecule has 4 aromatic rings. The lowest BCUT2D eigenvalue weighted by atomic mass is 10.0. The normalized spacial score (nSPS) is 10.8. The monoisotopic (exact) mass is 370 g/mol. The highest BCUT2D eigenvalue weighted by Gasteiger charge is 2.23. The molecule has 138 valence electrons. The van der Waals surface area contributed by atoms with E-state index in [2.05, 4.69) is 0 Å². The first-order valence-electron chi connectivity index (χ1n) is 8.97. The number of ether oxygens (including phenoxy) is 1. The van der Waals surface area contributed by atoms with Crippen molar-refractivity contribution in [2.75, 3.05) is 0 Å². The molecule has 0 spiro atoms. The van der Waals surface area contributed by atoms with Crippen molar-refractivity contribution >= 4 is 16.9 Å². The van der Waals surface area contributed by atoms with Crippen molar-refractivity contribution in [1.29, 1.82) is 0 Å². The molecule has 0 amide bonds. The lowest BCUT2D eigenvalue weighted by molar-refractivity contribution is 0.0470. The zero-order chi connectivity index (χ0) is 19.5. The second kappa shape index (κ2) is 7.53. The molecule has 0 radical (unpaired) electrons. The Morgan fingerprint density at radius 3 is 2.32 bits per heavy atom. The number of esters is 1. The average Bonchev–Trinajstić information content (AvgIpc) is 2.73. The zero-order valence-electron chi connectivity index (χ0n) is 15.3. The molecule has 0 bridgehead atoms. The van der Waals surface area contributed by atoms with Crippen molar-refractivity contribution in [2.24, 2.45) is 0 Å². The molecule has 0 atom stereocenters. The number of para-hydroxylation sites is 1. The van der Waals surface area contributed by atoms with Crippen LogP contribution in [0.4, 0.5) is 0 Å². The lowest BCUT2D eigenvalue weighted by Gasteiger charge is -2.10. The Morgan fingerprint density at radius 1 is 0.893 bits per heavy atom. The molecule has 0 fully saturated rings. The molecule has 4 rings (SSSR count). The van der Waals surface area contributed by atoms with Gasteiger partial charge in [-0.2, -0.15) is 0 Å². The molecule has 0 unspecified atom stereocenters. The van der Waals surface area contributed by atoms with Crippen LogP contribution < -0.4 is 5.43 Å². The number of carbonyl (C=O) groups excluding carboxylic acids is 1. The topological polar surface area (TPSA) is 56.5 Å². The highest BCUT2D eigenvalue weighted by atomic mass is 16.5. The van der Waals surface area contributed by atoms with E-state index in [1.54, 1.807) is 24.3 Å². The number of fused-ring (bicyclic) bond motifs is 1. The van der Waals surface area contributed by atoms with Gasteiger partial charge in [0, 0.05) is 5.56 Å². The van der Waals surface area contributed by atoms with Gasteiger partial charge in [-0.05, 0) is 24.6 Å². The predicted octanol–water partition coefficient (Wildman–Crippen LogP) is 5.13. The zero-order valence-corrected chi connectivity index (χ0v) is 15.3. The van der Waals surface area contributed by atoms with Gasteiger partial charge in [-0.15, -0.1) is 0 Å². The molecule has 0 aliphatic rings. The predicted molar refractivity (Wildman–Crippen MR) is 108 cm³/mol. The molecule has 1 heterocycles. The van der Waals surface area contributed by atoms with Crippen LogP contribution in [-0.2, 0) is 11.3 Å². The van der Waals surface area contributed by atoms with Crippen molar-refractivity contribution in [2.45, 2.75) is 13.5 Å². The van der Waals surface area contributed by atoms with Crippen molar-refractivity contribution in [3.05, 3.63) is 106 Å². The van der Waals surface area contributed by atoms with Gasteiger partial charge >= 0.3 is 5.97 Å². The molecule has 28 heavy (non-hydrogen) atoms. The molecule has 0 saturated carbocycles. The minimum Gasteiger partial charge on any atom is -0.457 e. The van der Waals surface area contributed by atoms with E-state index in [1.165, 1.54) is 0 Å². The number of rotatable bonds is 4. The van der Waals surface area contributed by atoms with Crippen LogP contribution in [-0.4, -0.2) is 5.97 Å². The van der Waals surface area contributed by atoms with Crippen LogP contribution in [0.25, 0.3) is 22.3 Å². The number of carbonyl (C=O) groups is 1. The number of hydrogen-bond acceptors (Lipinski definition) is 4. The molecular formula is C24H18O4. The summed E-state index contributed by atoms with van der Waals surface area (Å²) in [5.41, 5.74) is 2.52. The van der Waals surface area contributed by atoms with Gasteiger partial charge in [-0.1, -0.05) is 72.3 Å². The Bertz CT molecular complexity index is 1190. The maximum atomic E-state index is 13.1. The Balaban J connectivity index is 1.81. The highest BCUT2D eigenvalue weighted by molar-refractivity contribution is 5.99. The Morgan fingerprint density at radius 2 is 1.57 bits per heavy atom. The van der Waals surface area contributed by atoms with E-state index in [9.17, 15) is 9.59 Å². The largest absolute Gasteiger partial charge is 0.457 e. The first kappa shape index (κ1) is 17.7. The van der Waals surface area contributed by atoms with Crippen molar-refractivity contribution in [3.63, 3.8) is 0 Å². The lowest BCUT2D eigenvalue weighted by Crippen LogP contribution is -2.19. The first-order valence-corrected chi connectivity index (χ1v) is 8.97. The Labute approximate surface area is 162 Å². The first-order chi connectivity index (χ1) is 13.6.